The van der Waals surface area contributed by atoms with E-state index in [1.807, 2.05) is 0 Å². The van der Waals surface area contributed by atoms with Gasteiger partial charge in [0.25, 0.3) is 5.56 Å². The van der Waals surface area contributed by atoms with E-state index >= 15 is 0 Å². The number of nitrogens with one attached hydrogen (secondary N) is 1. The number of aromatic nitrogens is 2. The van der Waals surface area contributed by atoms with Gasteiger partial charge >= 0.3 is 5.69 Å². The molecule has 0 saturated heterocycles. The van der Waals surface area contributed by atoms with Crippen LogP contribution in [0.25, 0.3) is 15.9 Å². The molecule has 0 bridgehead atoms. The number of nitrogens with zero attached hydrogens (tertiary/aromatic N) is 2. The third kappa shape index (κ3) is 3.44. The summed E-state index contributed by atoms with van der Waals surface area (Å²) in [5.74, 6) is -1.21. The maximum Gasteiger partial charge on any atom is 0.336 e. The molecule has 0 radical (unpaired) electrons. The maximum absolute atomic E-state index is 14.3. The minimum Gasteiger partial charge on any atom is -0.323 e. The lowest BCUT2D eigenvalue weighted by atomic mass is 10.2. The lowest BCUT2D eigenvalue weighted by Gasteiger charge is -2.14. The fourth-order valence-corrected chi connectivity index (χ4v) is 4.29. The van der Waals surface area contributed by atoms with Gasteiger partial charge in [0.1, 0.15) is 17.1 Å². The number of hydrogen-bond acceptors (Lipinski definition) is 4. The van der Waals surface area contributed by atoms with Crippen LogP contribution < -0.4 is 16.6 Å². The molecular formula is C21H15ClFN3O3S. The molecule has 0 atom stereocenters. The number of thiophene rings is 1. The Balaban J connectivity index is 1.83. The first kappa shape index (κ1) is 20.1. The van der Waals surface area contributed by atoms with Crippen LogP contribution in [-0.4, -0.2) is 15.0 Å². The molecule has 0 aliphatic carbocycles. The highest BCUT2D eigenvalue weighted by Gasteiger charge is 2.19. The number of amides is 1. The lowest BCUT2D eigenvalue weighted by Crippen LogP contribution is -2.40. The molecule has 1 amide bonds. The summed E-state index contributed by atoms with van der Waals surface area (Å²) in [6.45, 7) is 1.43. The molecule has 0 unspecified atom stereocenters. The van der Waals surface area contributed by atoms with E-state index in [1.165, 1.54) is 18.2 Å². The first-order valence-electron chi connectivity index (χ1n) is 8.91. The number of fused-ring (bicyclic) bond motifs is 1. The Morgan fingerprint density at radius 2 is 1.90 bits per heavy atom. The molecule has 0 aliphatic heterocycles. The molecule has 0 spiro atoms. The molecule has 2 heterocycles. The number of aryl methyl sites for hydroxylation is 1. The Labute approximate surface area is 178 Å². The Kier molecular flexibility index (Phi) is 5.27. The summed E-state index contributed by atoms with van der Waals surface area (Å²) in [7, 11) is 0. The number of anilines is 1. The van der Waals surface area contributed by atoms with Gasteiger partial charge in [0.2, 0.25) is 5.91 Å². The van der Waals surface area contributed by atoms with Gasteiger partial charge in [0, 0.05) is 0 Å². The SMILES string of the molecule is Cc1cccc(Cl)c1NC(=O)Cn1c(=O)n(-c2ccccc2F)c(=O)c2sccc21. The smallest absolute Gasteiger partial charge is 0.323 e. The van der Waals surface area contributed by atoms with Crippen LogP contribution in [0.2, 0.25) is 5.02 Å². The van der Waals surface area contributed by atoms with Gasteiger partial charge in [-0.25, -0.2) is 13.8 Å². The van der Waals surface area contributed by atoms with Crippen LogP contribution in [0.4, 0.5) is 10.1 Å². The van der Waals surface area contributed by atoms with E-state index < -0.39 is 23.0 Å². The summed E-state index contributed by atoms with van der Waals surface area (Å²) in [4.78, 5) is 38.7. The van der Waals surface area contributed by atoms with Crippen molar-refractivity contribution >= 4 is 44.7 Å². The predicted octanol–water partition coefficient (Wildman–Crippen LogP) is 3.95. The molecule has 2 aromatic heterocycles. The summed E-state index contributed by atoms with van der Waals surface area (Å²) < 4.78 is 16.5. The molecule has 0 aliphatic rings. The fourth-order valence-electron chi connectivity index (χ4n) is 3.20. The second kappa shape index (κ2) is 7.89. The number of halogens is 2. The molecule has 0 fully saturated rings. The zero-order valence-corrected chi connectivity index (χ0v) is 17.3. The van der Waals surface area contributed by atoms with E-state index in [2.05, 4.69) is 5.32 Å². The fraction of sp³-hybridized carbons (Fsp3) is 0.0952. The summed E-state index contributed by atoms with van der Waals surface area (Å²) in [5.41, 5.74) is -0.0790. The highest BCUT2D eigenvalue weighted by Crippen LogP contribution is 2.25. The molecule has 152 valence electrons. The van der Waals surface area contributed by atoms with Crippen molar-refractivity contribution in [1.82, 2.24) is 9.13 Å². The van der Waals surface area contributed by atoms with Gasteiger partial charge in [-0.05, 0) is 42.1 Å². The van der Waals surface area contributed by atoms with Crippen molar-refractivity contribution in [2.45, 2.75) is 13.5 Å². The largest absolute Gasteiger partial charge is 0.336 e. The van der Waals surface area contributed by atoms with Crippen molar-refractivity contribution in [3.8, 4) is 5.69 Å². The molecule has 2 aromatic carbocycles. The minimum absolute atomic E-state index is 0.168. The van der Waals surface area contributed by atoms with Gasteiger partial charge in [-0.15, -0.1) is 11.3 Å². The van der Waals surface area contributed by atoms with Gasteiger partial charge in [-0.2, -0.15) is 0 Å². The van der Waals surface area contributed by atoms with Crippen LogP contribution in [0.1, 0.15) is 5.56 Å². The van der Waals surface area contributed by atoms with Gasteiger partial charge in [0.05, 0.1) is 21.9 Å². The Morgan fingerprint density at radius 1 is 1.13 bits per heavy atom. The van der Waals surface area contributed by atoms with Crippen LogP contribution in [0.5, 0.6) is 0 Å². The highest BCUT2D eigenvalue weighted by molar-refractivity contribution is 7.17. The second-order valence-corrected chi connectivity index (χ2v) is 7.90. The van der Waals surface area contributed by atoms with Crippen molar-refractivity contribution in [2.75, 3.05) is 5.32 Å². The van der Waals surface area contributed by atoms with Gasteiger partial charge in [-0.1, -0.05) is 35.9 Å². The minimum atomic E-state index is -0.804. The van der Waals surface area contributed by atoms with E-state index in [0.29, 0.717) is 16.2 Å². The molecular weight excluding hydrogens is 429 g/mol. The topological polar surface area (TPSA) is 73.1 Å². The maximum atomic E-state index is 14.3. The first-order chi connectivity index (χ1) is 14.4. The van der Waals surface area contributed by atoms with Crippen LogP contribution in [0, 0.1) is 12.7 Å². The number of carbonyl (C=O) groups excluding carboxylic acids is 1. The Bertz CT molecular complexity index is 1390. The molecule has 4 aromatic rings. The molecule has 6 nitrogen and oxygen atoms in total. The van der Waals surface area contributed by atoms with Crippen LogP contribution in [0.15, 0.2) is 63.5 Å². The zero-order valence-electron chi connectivity index (χ0n) is 15.7. The van der Waals surface area contributed by atoms with E-state index in [-0.39, 0.29) is 16.9 Å². The van der Waals surface area contributed by atoms with Crippen molar-refractivity contribution in [3.05, 3.63) is 91.2 Å². The third-order valence-corrected chi connectivity index (χ3v) is 5.84. The standard InChI is InChI=1S/C21H15ClFN3O3S/c1-12-5-4-6-13(22)18(12)24-17(27)11-25-16-9-10-30-19(16)20(28)26(21(25)29)15-8-3-2-7-14(15)23/h2-10H,11H2,1H3,(H,24,27). The number of para-hydroxylation sites is 2. The Hall–Kier alpha value is -3.23. The van der Waals surface area contributed by atoms with E-state index in [1.54, 1.807) is 36.6 Å². The molecule has 0 saturated carbocycles. The van der Waals surface area contributed by atoms with E-state index in [9.17, 15) is 18.8 Å². The molecule has 30 heavy (non-hydrogen) atoms. The number of hydrogen-bond donors (Lipinski definition) is 1. The number of rotatable bonds is 4. The van der Waals surface area contributed by atoms with Crippen LogP contribution in [0.3, 0.4) is 0 Å². The lowest BCUT2D eigenvalue weighted by molar-refractivity contribution is -0.116. The zero-order chi connectivity index (χ0) is 21.4. The summed E-state index contributed by atoms with van der Waals surface area (Å²) >= 11 is 7.28. The first-order valence-corrected chi connectivity index (χ1v) is 10.2. The third-order valence-electron chi connectivity index (χ3n) is 4.64. The monoisotopic (exact) mass is 443 g/mol. The van der Waals surface area contributed by atoms with Crippen LogP contribution in [-0.2, 0) is 11.3 Å². The average Bonchev–Trinajstić information content (AvgIpc) is 3.20. The summed E-state index contributed by atoms with van der Waals surface area (Å²) in [6, 6.07) is 12.3. The number of benzene rings is 2. The molecule has 4 rings (SSSR count). The van der Waals surface area contributed by atoms with Crippen molar-refractivity contribution in [1.29, 1.82) is 0 Å². The van der Waals surface area contributed by atoms with E-state index in [4.69, 9.17) is 11.6 Å². The van der Waals surface area contributed by atoms with Gasteiger partial charge < -0.3 is 5.32 Å². The van der Waals surface area contributed by atoms with Crippen molar-refractivity contribution < 1.29 is 9.18 Å². The predicted molar refractivity (Wildman–Crippen MR) is 116 cm³/mol. The molecule has 1 N–H and O–H groups in total. The quantitative estimate of drug-likeness (QED) is 0.519. The van der Waals surface area contributed by atoms with Gasteiger partial charge in [-0.3, -0.25) is 14.2 Å². The number of carbonyl (C=O) groups is 1. The van der Waals surface area contributed by atoms with Crippen molar-refractivity contribution in [3.63, 3.8) is 0 Å². The van der Waals surface area contributed by atoms with E-state index in [0.717, 1.165) is 32.1 Å². The summed E-state index contributed by atoms with van der Waals surface area (Å²) in [6.07, 6.45) is 0. The van der Waals surface area contributed by atoms with Gasteiger partial charge in [0.15, 0.2) is 0 Å². The summed E-state index contributed by atoms with van der Waals surface area (Å²) in [5, 5.41) is 4.72. The Morgan fingerprint density at radius 3 is 2.63 bits per heavy atom. The normalized spacial score (nSPS) is 11.0. The molecule has 9 heteroatoms. The average molecular weight is 444 g/mol. The second-order valence-electron chi connectivity index (χ2n) is 6.58. The van der Waals surface area contributed by atoms with Crippen LogP contribution >= 0.6 is 22.9 Å². The van der Waals surface area contributed by atoms with Crippen molar-refractivity contribution in [2.24, 2.45) is 0 Å². The highest BCUT2D eigenvalue weighted by atomic mass is 35.5.